The van der Waals surface area contributed by atoms with Crippen molar-refractivity contribution in [2.75, 3.05) is 5.75 Å². The molecule has 4 aromatic heterocycles. The number of fused-ring (bicyclic) bond motifs is 1. The van der Waals surface area contributed by atoms with Gasteiger partial charge >= 0.3 is 0 Å². The van der Waals surface area contributed by atoms with Crippen LogP contribution >= 0.6 is 0 Å². The first-order valence-electron chi connectivity index (χ1n) is 12.8. The highest BCUT2D eigenvalue weighted by atomic mass is 32.2. The SMILES string of the molecule is CCS(=O)(=O)c1ccc(CCc2nc3cnc(-c4c(C)ncnc4C4CC4)nc3n(C(C)(C)C)c2=O)nc1. The average molecular weight is 534 g/mol. The van der Waals surface area contributed by atoms with E-state index in [1.807, 2.05) is 27.7 Å². The lowest BCUT2D eigenvalue weighted by atomic mass is 10.1. The lowest BCUT2D eigenvalue weighted by Gasteiger charge is -2.24. The topological polar surface area (TPSA) is 133 Å². The van der Waals surface area contributed by atoms with Crippen molar-refractivity contribution in [1.29, 1.82) is 0 Å². The second-order valence-corrected chi connectivity index (χ2v) is 12.9. The van der Waals surface area contributed by atoms with Crippen LogP contribution in [0.5, 0.6) is 0 Å². The number of pyridine rings is 1. The molecule has 0 unspecified atom stereocenters. The van der Waals surface area contributed by atoms with E-state index in [1.54, 1.807) is 36.1 Å². The second kappa shape index (κ2) is 9.61. The highest BCUT2D eigenvalue weighted by Gasteiger charge is 2.30. The normalized spacial score (nSPS) is 14.2. The average Bonchev–Trinajstić information content (AvgIpc) is 3.72. The fourth-order valence-corrected chi connectivity index (χ4v) is 5.35. The van der Waals surface area contributed by atoms with E-state index in [2.05, 4.69) is 24.9 Å². The Morgan fingerprint density at radius 3 is 2.39 bits per heavy atom. The summed E-state index contributed by atoms with van der Waals surface area (Å²) in [6.07, 6.45) is 7.56. The molecule has 4 aromatic rings. The smallest absolute Gasteiger partial charge is 0.274 e. The minimum absolute atomic E-state index is 0.0178. The molecule has 5 rings (SSSR count). The number of nitrogens with zero attached hydrogens (tertiary/aromatic N) is 7. The van der Waals surface area contributed by atoms with Gasteiger partial charge in [-0.05, 0) is 59.1 Å². The maximum Gasteiger partial charge on any atom is 0.274 e. The van der Waals surface area contributed by atoms with Gasteiger partial charge in [-0.1, -0.05) is 6.92 Å². The summed E-state index contributed by atoms with van der Waals surface area (Å²) >= 11 is 0. The minimum Gasteiger partial charge on any atom is -0.284 e. The van der Waals surface area contributed by atoms with Gasteiger partial charge in [-0.3, -0.25) is 14.3 Å². The Hall–Kier alpha value is -3.60. The Kier molecular flexibility index (Phi) is 6.58. The van der Waals surface area contributed by atoms with E-state index >= 15 is 0 Å². The molecule has 0 amide bonds. The van der Waals surface area contributed by atoms with Gasteiger partial charge in [0.05, 0.1) is 33.8 Å². The Balaban J connectivity index is 1.54. The van der Waals surface area contributed by atoms with E-state index in [0.717, 1.165) is 29.8 Å². The first-order chi connectivity index (χ1) is 18.0. The summed E-state index contributed by atoms with van der Waals surface area (Å²) in [5.41, 5.74) is 3.87. The molecule has 0 N–H and O–H groups in total. The third-order valence-corrected chi connectivity index (χ3v) is 8.47. The molecule has 198 valence electrons. The van der Waals surface area contributed by atoms with Gasteiger partial charge in [-0.2, -0.15) is 0 Å². The van der Waals surface area contributed by atoms with Crippen molar-refractivity contribution in [2.24, 2.45) is 0 Å². The number of aryl methyl sites for hydroxylation is 3. The van der Waals surface area contributed by atoms with Crippen molar-refractivity contribution in [3.8, 4) is 11.4 Å². The summed E-state index contributed by atoms with van der Waals surface area (Å²) < 4.78 is 25.8. The van der Waals surface area contributed by atoms with E-state index in [-0.39, 0.29) is 16.2 Å². The van der Waals surface area contributed by atoms with Crippen LogP contribution in [0.2, 0.25) is 0 Å². The van der Waals surface area contributed by atoms with Crippen LogP contribution in [0, 0.1) is 6.92 Å². The summed E-state index contributed by atoms with van der Waals surface area (Å²) in [6, 6.07) is 3.24. The van der Waals surface area contributed by atoms with E-state index in [1.165, 1.54) is 6.20 Å². The number of aromatic nitrogens is 7. The number of sulfone groups is 1. The third kappa shape index (κ3) is 4.94. The lowest BCUT2D eigenvalue weighted by Crippen LogP contribution is -2.37. The summed E-state index contributed by atoms with van der Waals surface area (Å²) in [6.45, 7) is 9.40. The summed E-state index contributed by atoms with van der Waals surface area (Å²) in [5.74, 6) is 0.904. The van der Waals surface area contributed by atoms with Gasteiger partial charge in [-0.25, -0.2) is 33.3 Å². The van der Waals surface area contributed by atoms with Crippen LogP contribution in [0.15, 0.2) is 40.5 Å². The summed E-state index contributed by atoms with van der Waals surface area (Å²) in [7, 11) is -3.32. The molecule has 0 radical (unpaired) electrons. The van der Waals surface area contributed by atoms with Crippen molar-refractivity contribution in [1.82, 2.24) is 34.5 Å². The van der Waals surface area contributed by atoms with Crippen molar-refractivity contribution < 1.29 is 8.42 Å². The van der Waals surface area contributed by atoms with Gasteiger partial charge in [0.1, 0.15) is 17.5 Å². The maximum absolute atomic E-state index is 13.7. The first kappa shape index (κ1) is 26.0. The van der Waals surface area contributed by atoms with Crippen LogP contribution in [0.1, 0.15) is 69.2 Å². The van der Waals surface area contributed by atoms with Crippen LogP contribution in [0.4, 0.5) is 0 Å². The molecule has 10 nitrogen and oxygen atoms in total. The first-order valence-corrected chi connectivity index (χ1v) is 14.4. The molecular weight excluding hydrogens is 502 g/mol. The van der Waals surface area contributed by atoms with Crippen molar-refractivity contribution in [3.05, 3.63) is 64.0 Å². The van der Waals surface area contributed by atoms with Gasteiger partial charge in [0.25, 0.3) is 5.56 Å². The Bertz CT molecular complexity index is 1690. The van der Waals surface area contributed by atoms with Gasteiger partial charge in [0.2, 0.25) is 0 Å². The molecule has 0 saturated heterocycles. The zero-order valence-electron chi connectivity index (χ0n) is 22.3. The van der Waals surface area contributed by atoms with E-state index in [4.69, 9.17) is 4.98 Å². The van der Waals surface area contributed by atoms with Crippen molar-refractivity contribution in [2.45, 2.75) is 76.7 Å². The van der Waals surface area contributed by atoms with Crippen LogP contribution in [0.25, 0.3) is 22.6 Å². The lowest BCUT2D eigenvalue weighted by molar-refractivity contribution is 0.392. The number of hydrogen-bond donors (Lipinski definition) is 0. The monoisotopic (exact) mass is 533 g/mol. The van der Waals surface area contributed by atoms with Crippen molar-refractivity contribution >= 4 is 21.0 Å². The molecule has 0 spiro atoms. The largest absolute Gasteiger partial charge is 0.284 e. The fraction of sp³-hybridized carbons (Fsp3) is 0.444. The zero-order valence-corrected chi connectivity index (χ0v) is 23.1. The van der Waals surface area contributed by atoms with Gasteiger partial charge < -0.3 is 0 Å². The Morgan fingerprint density at radius 1 is 1.00 bits per heavy atom. The van der Waals surface area contributed by atoms with Gasteiger partial charge in [0.15, 0.2) is 21.3 Å². The third-order valence-electron chi connectivity index (χ3n) is 6.75. The molecule has 0 aromatic carbocycles. The summed E-state index contributed by atoms with van der Waals surface area (Å²) in [5, 5.41) is 0. The van der Waals surface area contributed by atoms with Crippen LogP contribution in [0.3, 0.4) is 0 Å². The number of hydrogen-bond acceptors (Lipinski definition) is 9. The predicted octanol–water partition coefficient (Wildman–Crippen LogP) is 3.56. The van der Waals surface area contributed by atoms with Crippen molar-refractivity contribution in [3.63, 3.8) is 0 Å². The maximum atomic E-state index is 13.7. The fourth-order valence-electron chi connectivity index (χ4n) is 4.52. The molecule has 1 aliphatic rings. The molecule has 1 fully saturated rings. The van der Waals surface area contributed by atoms with Crippen LogP contribution in [-0.4, -0.2) is 48.6 Å². The summed E-state index contributed by atoms with van der Waals surface area (Å²) in [4.78, 5) is 41.2. The van der Waals surface area contributed by atoms with Crippen LogP contribution in [-0.2, 0) is 28.2 Å². The standard InChI is InChI=1S/C27H31N7O3S/c1-6-38(36,37)19-11-9-18(28-13-19)10-12-20-26(35)34(27(3,4)5)25-21(32-20)14-29-24(33-25)22-16(2)30-15-31-23(22)17-7-8-17/h9,11,13-15,17H,6-8,10,12H2,1-5H3. The van der Waals surface area contributed by atoms with Gasteiger partial charge in [0, 0.05) is 29.8 Å². The molecule has 0 atom stereocenters. The molecule has 11 heteroatoms. The second-order valence-electron chi connectivity index (χ2n) is 10.7. The van der Waals surface area contributed by atoms with E-state index in [9.17, 15) is 13.2 Å². The molecule has 38 heavy (non-hydrogen) atoms. The van der Waals surface area contributed by atoms with Gasteiger partial charge in [-0.15, -0.1) is 0 Å². The van der Waals surface area contributed by atoms with Crippen LogP contribution < -0.4 is 5.56 Å². The zero-order chi connectivity index (χ0) is 27.2. The molecule has 0 aliphatic heterocycles. The highest BCUT2D eigenvalue weighted by molar-refractivity contribution is 7.91. The van der Waals surface area contributed by atoms with E-state index in [0.29, 0.717) is 47.1 Å². The Morgan fingerprint density at radius 2 is 1.76 bits per heavy atom. The predicted molar refractivity (Wildman–Crippen MR) is 144 cm³/mol. The van der Waals surface area contributed by atoms with E-state index < -0.39 is 15.4 Å². The minimum atomic E-state index is -3.32. The molecule has 4 heterocycles. The quantitative estimate of drug-likeness (QED) is 0.349. The molecular formula is C27H31N7O3S. The Labute approximate surface area is 221 Å². The highest BCUT2D eigenvalue weighted by Crippen LogP contribution is 2.43. The number of rotatable bonds is 7. The molecule has 1 aliphatic carbocycles. The molecule has 0 bridgehead atoms. The molecule has 1 saturated carbocycles.